The number of ether oxygens (including phenoxy) is 1. The monoisotopic (exact) mass is 475 g/mol. The molecule has 0 N–H and O–H groups in total. The van der Waals surface area contributed by atoms with Crippen LogP contribution in [0.1, 0.15) is 44.2 Å². The van der Waals surface area contributed by atoms with Crippen molar-refractivity contribution in [2.75, 3.05) is 0 Å². The Morgan fingerprint density at radius 1 is 1.23 bits per heavy atom. The van der Waals surface area contributed by atoms with Gasteiger partial charge in [0.05, 0.1) is 11.1 Å². The summed E-state index contributed by atoms with van der Waals surface area (Å²) in [6.45, 7) is 4.05. The molecule has 0 bridgehead atoms. The van der Waals surface area contributed by atoms with E-state index in [1.807, 2.05) is 48.0 Å². The first-order chi connectivity index (χ1) is 15.0. The van der Waals surface area contributed by atoms with Gasteiger partial charge in [-0.25, -0.2) is 9.97 Å². The maximum Gasteiger partial charge on any atom is 0.307 e. The number of rotatable bonds is 5. The zero-order valence-corrected chi connectivity index (χ0v) is 19.0. The second-order valence-electron chi connectivity index (χ2n) is 7.97. The average molecular weight is 476 g/mol. The molecule has 1 unspecified atom stereocenters. The maximum atomic E-state index is 12.8. The highest BCUT2D eigenvalue weighted by molar-refractivity contribution is 9.10. The van der Waals surface area contributed by atoms with Gasteiger partial charge in [0.15, 0.2) is 5.60 Å². The number of benzene rings is 2. The molecule has 1 atom stereocenters. The van der Waals surface area contributed by atoms with Crippen LogP contribution in [0.25, 0.3) is 27.8 Å². The Balaban J connectivity index is 1.84. The van der Waals surface area contributed by atoms with E-state index < -0.39 is 5.60 Å². The molecule has 4 aromatic rings. The summed E-state index contributed by atoms with van der Waals surface area (Å²) in [4.78, 5) is 22.0. The van der Waals surface area contributed by atoms with Gasteiger partial charge in [-0.1, -0.05) is 53.5 Å². The first-order valence-corrected chi connectivity index (χ1v) is 11.3. The molecule has 5 nitrogen and oxygen atoms in total. The molecular formula is C25H22BrN3O2. The zero-order valence-electron chi connectivity index (χ0n) is 17.4. The smallest absolute Gasteiger partial charge is 0.307 e. The van der Waals surface area contributed by atoms with Crippen molar-refractivity contribution in [3.8, 4) is 16.9 Å². The summed E-state index contributed by atoms with van der Waals surface area (Å²) >= 11 is 3.61. The molecule has 0 amide bonds. The number of esters is 1. The fourth-order valence-corrected chi connectivity index (χ4v) is 4.84. The minimum absolute atomic E-state index is 0.196. The normalized spacial score (nSPS) is 16.9. The van der Waals surface area contributed by atoms with Gasteiger partial charge < -0.3 is 4.74 Å². The van der Waals surface area contributed by atoms with E-state index in [0.29, 0.717) is 6.42 Å². The van der Waals surface area contributed by atoms with Crippen LogP contribution in [-0.2, 0) is 15.1 Å². The molecule has 5 rings (SSSR count). The van der Waals surface area contributed by atoms with E-state index in [0.717, 1.165) is 56.3 Å². The summed E-state index contributed by atoms with van der Waals surface area (Å²) < 4.78 is 9.12. The molecule has 2 aromatic carbocycles. The number of aromatic nitrogens is 3. The van der Waals surface area contributed by atoms with Gasteiger partial charge in [-0.2, -0.15) is 0 Å². The lowest BCUT2D eigenvalue weighted by atomic mass is 9.92. The predicted molar refractivity (Wildman–Crippen MR) is 124 cm³/mol. The van der Waals surface area contributed by atoms with Crippen molar-refractivity contribution in [3.63, 3.8) is 0 Å². The highest BCUT2D eigenvalue weighted by Gasteiger charge is 2.46. The van der Waals surface area contributed by atoms with Gasteiger partial charge in [0.25, 0.3) is 0 Å². The van der Waals surface area contributed by atoms with Crippen LogP contribution in [0, 0.1) is 0 Å². The van der Waals surface area contributed by atoms with Crippen molar-refractivity contribution in [2.45, 2.75) is 38.7 Å². The molecule has 156 valence electrons. The third-order valence-electron chi connectivity index (χ3n) is 5.92. The van der Waals surface area contributed by atoms with E-state index in [1.165, 1.54) is 0 Å². The number of unbranched alkanes of at least 4 members (excludes halogenated alkanes) is 1. The van der Waals surface area contributed by atoms with Crippen LogP contribution < -0.4 is 0 Å². The summed E-state index contributed by atoms with van der Waals surface area (Å²) in [5.41, 5.74) is 3.92. The number of halogens is 1. The Bertz CT molecular complexity index is 1300. The topological polar surface area (TPSA) is 57.0 Å². The van der Waals surface area contributed by atoms with Crippen LogP contribution in [0.15, 0.2) is 65.7 Å². The van der Waals surface area contributed by atoms with Gasteiger partial charge in [0.2, 0.25) is 0 Å². The Morgan fingerprint density at radius 2 is 2.06 bits per heavy atom. The van der Waals surface area contributed by atoms with E-state index in [2.05, 4.69) is 40.0 Å². The second-order valence-corrected chi connectivity index (χ2v) is 8.89. The van der Waals surface area contributed by atoms with Crippen molar-refractivity contribution in [1.29, 1.82) is 0 Å². The van der Waals surface area contributed by atoms with Crippen molar-refractivity contribution in [1.82, 2.24) is 14.5 Å². The summed E-state index contributed by atoms with van der Waals surface area (Å²) in [5, 5.41) is 1.02. The highest BCUT2D eigenvalue weighted by atomic mass is 79.9. The molecule has 1 aliphatic rings. The molecule has 0 fully saturated rings. The second kappa shape index (κ2) is 7.61. The van der Waals surface area contributed by atoms with Crippen molar-refractivity contribution in [2.24, 2.45) is 0 Å². The quantitative estimate of drug-likeness (QED) is 0.324. The average Bonchev–Trinajstić information content (AvgIpc) is 3.38. The van der Waals surface area contributed by atoms with E-state index in [9.17, 15) is 4.79 Å². The number of fused-ring (bicyclic) bond motifs is 5. The third kappa shape index (κ3) is 3.17. The number of carbonyl (C=O) groups excluding carboxylic acids is 1. The molecule has 2 aromatic heterocycles. The first kappa shape index (κ1) is 19.9. The number of carbonyl (C=O) groups is 1. The Morgan fingerprint density at radius 3 is 2.84 bits per heavy atom. The number of imidazole rings is 1. The minimum atomic E-state index is -0.945. The SMILES string of the molecule is CCCCC(=O)OC1(C)c2ccccc2-c2c1c(-n1ccnc1)nc1ccc(Br)cc21. The third-order valence-corrected chi connectivity index (χ3v) is 6.41. The Hall–Kier alpha value is -2.99. The van der Waals surface area contributed by atoms with Gasteiger partial charge in [0.1, 0.15) is 12.1 Å². The summed E-state index contributed by atoms with van der Waals surface area (Å²) in [7, 11) is 0. The van der Waals surface area contributed by atoms with E-state index in [-0.39, 0.29) is 5.97 Å². The van der Waals surface area contributed by atoms with Gasteiger partial charge in [-0.05, 0) is 37.1 Å². The summed E-state index contributed by atoms with van der Waals surface area (Å²) in [6.07, 6.45) is 7.48. The first-order valence-electron chi connectivity index (χ1n) is 10.5. The summed E-state index contributed by atoms with van der Waals surface area (Å²) in [5.74, 6) is 0.530. The van der Waals surface area contributed by atoms with Crippen LogP contribution in [-0.4, -0.2) is 20.5 Å². The van der Waals surface area contributed by atoms with E-state index >= 15 is 0 Å². The predicted octanol–water partition coefficient (Wildman–Crippen LogP) is 6.16. The molecule has 0 saturated heterocycles. The summed E-state index contributed by atoms with van der Waals surface area (Å²) in [6, 6.07) is 14.2. The minimum Gasteiger partial charge on any atom is -0.449 e. The number of nitrogens with zero attached hydrogens (tertiary/aromatic N) is 3. The van der Waals surface area contributed by atoms with Crippen molar-refractivity contribution in [3.05, 3.63) is 76.8 Å². The lowest BCUT2D eigenvalue weighted by Crippen LogP contribution is -2.30. The molecule has 1 aliphatic carbocycles. The fourth-order valence-electron chi connectivity index (χ4n) is 4.48. The van der Waals surface area contributed by atoms with Crippen LogP contribution in [0.3, 0.4) is 0 Å². The molecule has 31 heavy (non-hydrogen) atoms. The van der Waals surface area contributed by atoms with Crippen LogP contribution >= 0.6 is 15.9 Å². The fraction of sp³-hybridized carbons (Fsp3) is 0.240. The standard InChI is InChI=1S/C25H22BrN3O2/c1-3-4-9-21(30)31-25(2)19-8-6-5-7-17(19)22-18-14-16(26)10-11-20(18)28-24(23(22)25)29-13-12-27-15-29/h5-8,10-15H,3-4,9H2,1-2H3. The highest BCUT2D eigenvalue weighted by Crippen LogP contribution is 2.54. The lowest BCUT2D eigenvalue weighted by molar-refractivity contribution is -0.155. The van der Waals surface area contributed by atoms with Crippen LogP contribution in [0.5, 0.6) is 0 Å². The lowest BCUT2D eigenvalue weighted by Gasteiger charge is -2.29. The van der Waals surface area contributed by atoms with Gasteiger partial charge in [-0.3, -0.25) is 9.36 Å². The molecular weight excluding hydrogens is 454 g/mol. The molecule has 0 radical (unpaired) electrons. The van der Waals surface area contributed by atoms with Gasteiger partial charge in [0, 0.05) is 39.8 Å². The van der Waals surface area contributed by atoms with E-state index in [1.54, 1.807) is 12.5 Å². The Labute approximate surface area is 189 Å². The molecule has 0 aliphatic heterocycles. The van der Waals surface area contributed by atoms with Crippen molar-refractivity contribution >= 4 is 32.8 Å². The van der Waals surface area contributed by atoms with Gasteiger partial charge in [-0.15, -0.1) is 0 Å². The molecule has 0 spiro atoms. The number of pyridine rings is 1. The maximum absolute atomic E-state index is 12.8. The number of hydrogen-bond donors (Lipinski definition) is 0. The van der Waals surface area contributed by atoms with Crippen LogP contribution in [0.2, 0.25) is 0 Å². The zero-order chi connectivity index (χ0) is 21.6. The molecule has 2 heterocycles. The van der Waals surface area contributed by atoms with Crippen LogP contribution in [0.4, 0.5) is 0 Å². The van der Waals surface area contributed by atoms with Crippen molar-refractivity contribution < 1.29 is 9.53 Å². The number of hydrogen-bond acceptors (Lipinski definition) is 4. The molecule has 6 heteroatoms. The molecule has 0 saturated carbocycles. The van der Waals surface area contributed by atoms with E-state index in [4.69, 9.17) is 9.72 Å². The Kier molecular flexibility index (Phi) is 4.89. The largest absolute Gasteiger partial charge is 0.449 e. The van der Waals surface area contributed by atoms with Gasteiger partial charge >= 0.3 is 5.97 Å².